The maximum Gasteiger partial charge on any atom is 0.230 e. The van der Waals surface area contributed by atoms with Crippen LogP contribution in [0.3, 0.4) is 0 Å². The predicted octanol–water partition coefficient (Wildman–Crippen LogP) is 2.76. The van der Waals surface area contributed by atoms with Crippen molar-refractivity contribution in [2.24, 2.45) is 5.92 Å². The van der Waals surface area contributed by atoms with E-state index in [0.717, 1.165) is 22.8 Å². The van der Waals surface area contributed by atoms with Crippen molar-refractivity contribution < 1.29 is 4.79 Å². The maximum absolute atomic E-state index is 11.8. The van der Waals surface area contributed by atoms with Crippen molar-refractivity contribution in [3.63, 3.8) is 0 Å². The Morgan fingerprint density at radius 1 is 1.30 bits per heavy atom. The second-order valence-electron chi connectivity index (χ2n) is 5.78. The smallest absolute Gasteiger partial charge is 0.230 e. The van der Waals surface area contributed by atoms with Crippen LogP contribution in [0.4, 0.5) is 0 Å². The Balaban J connectivity index is 1.64. The van der Waals surface area contributed by atoms with Gasteiger partial charge in [0.2, 0.25) is 11.1 Å². The zero-order chi connectivity index (χ0) is 16.2. The molecule has 0 saturated heterocycles. The van der Waals surface area contributed by atoms with Crippen molar-refractivity contribution in [1.29, 1.82) is 0 Å². The molecule has 23 heavy (non-hydrogen) atoms. The van der Waals surface area contributed by atoms with E-state index in [1.165, 1.54) is 11.8 Å². The van der Waals surface area contributed by atoms with Gasteiger partial charge in [-0.25, -0.2) is 4.98 Å². The fraction of sp³-hybridized carbons (Fsp3) is 0.375. The maximum atomic E-state index is 11.8. The molecule has 0 aliphatic rings. The number of nitrogens with zero attached hydrogens (tertiary/aromatic N) is 3. The van der Waals surface area contributed by atoms with Crippen LogP contribution in [0.5, 0.6) is 0 Å². The quantitative estimate of drug-likeness (QED) is 0.679. The summed E-state index contributed by atoms with van der Waals surface area (Å²) in [6.07, 6.45) is 0.982. The predicted molar refractivity (Wildman–Crippen MR) is 92.4 cm³/mol. The van der Waals surface area contributed by atoms with Gasteiger partial charge in [0, 0.05) is 17.4 Å². The summed E-state index contributed by atoms with van der Waals surface area (Å²) in [5, 5.41) is 12.8. The zero-order valence-corrected chi connectivity index (χ0v) is 14.0. The van der Waals surface area contributed by atoms with E-state index in [9.17, 15) is 4.79 Å². The number of fused-ring (bicyclic) bond motifs is 3. The first-order valence-electron chi connectivity index (χ1n) is 7.64. The number of amides is 1. The molecule has 0 spiro atoms. The number of hydrogen-bond acceptors (Lipinski definition) is 5. The van der Waals surface area contributed by atoms with E-state index in [1.807, 2.05) is 24.3 Å². The molecular formula is C16H19N5OS. The number of benzene rings is 1. The lowest BCUT2D eigenvalue weighted by Crippen LogP contribution is -2.27. The van der Waals surface area contributed by atoms with Crippen LogP contribution >= 0.6 is 11.8 Å². The number of aromatic amines is 1. The molecule has 0 atom stereocenters. The topological polar surface area (TPSA) is 83.6 Å². The average Bonchev–Trinajstić information content (AvgIpc) is 2.90. The van der Waals surface area contributed by atoms with E-state index in [0.29, 0.717) is 29.0 Å². The first kappa shape index (κ1) is 15.7. The Morgan fingerprint density at radius 2 is 2.13 bits per heavy atom. The molecule has 7 heteroatoms. The normalized spacial score (nSPS) is 11.4. The molecule has 3 aromatic rings. The summed E-state index contributed by atoms with van der Waals surface area (Å²) in [4.78, 5) is 19.5. The number of H-pyrrole nitrogens is 1. The van der Waals surface area contributed by atoms with Crippen molar-refractivity contribution in [3.05, 3.63) is 24.3 Å². The van der Waals surface area contributed by atoms with E-state index < -0.39 is 0 Å². The average molecular weight is 329 g/mol. The summed E-state index contributed by atoms with van der Waals surface area (Å²) in [5.41, 5.74) is 2.44. The molecule has 0 aliphatic carbocycles. The summed E-state index contributed by atoms with van der Waals surface area (Å²) < 4.78 is 0. The van der Waals surface area contributed by atoms with Crippen molar-refractivity contribution in [3.8, 4) is 0 Å². The summed E-state index contributed by atoms with van der Waals surface area (Å²) in [7, 11) is 0. The van der Waals surface area contributed by atoms with Gasteiger partial charge in [0.15, 0.2) is 5.65 Å². The summed E-state index contributed by atoms with van der Waals surface area (Å²) in [6, 6.07) is 7.89. The van der Waals surface area contributed by atoms with Gasteiger partial charge >= 0.3 is 0 Å². The van der Waals surface area contributed by atoms with Gasteiger partial charge in [0.25, 0.3) is 0 Å². The largest absolute Gasteiger partial charge is 0.355 e. The molecule has 0 unspecified atom stereocenters. The number of thioether (sulfide) groups is 1. The Morgan fingerprint density at radius 3 is 2.96 bits per heavy atom. The van der Waals surface area contributed by atoms with E-state index in [2.05, 4.69) is 39.3 Å². The molecule has 6 nitrogen and oxygen atoms in total. The first-order valence-corrected chi connectivity index (χ1v) is 8.62. The summed E-state index contributed by atoms with van der Waals surface area (Å²) >= 11 is 1.30. The minimum Gasteiger partial charge on any atom is -0.355 e. The highest BCUT2D eigenvalue weighted by Crippen LogP contribution is 2.23. The number of carbonyl (C=O) groups is 1. The van der Waals surface area contributed by atoms with Gasteiger partial charge in [0.1, 0.15) is 5.52 Å². The molecular weight excluding hydrogens is 310 g/mol. The standard InChI is InChI=1S/C16H19N5OS/c1-10(2)7-8-17-13(22)9-23-16-19-15-14(20-21-16)11-5-3-4-6-12(11)18-15/h3-6,10H,7-9H2,1-2H3,(H,17,22)(H,18,19,21). The molecule has 0 bridgehead atoms. The number of hydrogen-bond donors (Lipinski definition) is 2. The third-order valence-corrected chi connectivity index (χ3v) is 4.32. The highest BCUT2D eigenvalue weighted by atomic mass is 32.2. The fourth-order valence-electron chi connectivity index (χ4n) is 2.25. The number of aromatic nitrogens is 4. The van der Waals surface area contributed by atoms with E-state index >= 15 is 0 Å². The lowest BCUT2D eigenvalue weighted by Gasteiger charge is -2.06. The number of carbonyl (C=O) groups excluding carboxylic acids is 1. The monoisotopic (exact) mass is 329 g/mol. The van der Waals surface area contributed by atoms with E-state index in [4.69, 9.17) is 0 Å². The Labute approximate surface area is 138 Å². The third-order valence-electron chi connectivity index (χ3n) is 3.48. The highest BCUT2D eigenvalue weighted by molar-refractivity contribution is 7.99. The minimum absolute atomic E-state index is 0.00371. The first-order chi connectivity index (χ1) is 11.1. The van der Waals surface area contributed by atoms with Gasteiger partial charge in [-0.15, -0.1) is 10.2 Å². The second-order valence-corrected chi connectivity index (χ2v) is 6.73. The minimum atomic E-state index is -0.00371. The second kappa shape index (κ2) is 6.95. The van der Waals surface area contributed by atoms with Gasteiger partial charge in [-0.2, -0.15) is 0 Å². The van der Waals surface area contributed by atoms with Crippen LogP contribution in [0.25, 0.3) is 22.1 Å². The number of rotatable bonds is 6. The van der Waals surface area contributed by atoms with Crippen LogP contribution in [-0.2, 0) is 4.79 Å². The summed E-state index contributed by atoms with van der Waals surface area (Å²) in [6.45, 7) is 4.98. The number of para-hydroxylation sites is 1. The molecule has 120 valence electrons. The fourth-order valence-corrected chi connectivity index (χ4v) is 2.87. The molecule has 0 radical (unpaired) electrons. The van der Waals surface area contributed by atoms with Gasteiger partial charge in [-0.3, -0.25) is 4.79 Å². The number of nitrogens with one attached hydrogen (secondary N) is 2. The van der Waals surface area contributed by atoms with Crippen molar-refractivity contribution in [2.75, 3.05) is 12.3 Å². The third kappa shape index (κ3) is 3.79. The van der Waals surface area contributed by atoms with Crippen LogP contribution in [0.1, 0.15) is 20.3 Å². The summed E-state index contributed by atoms with van der Waals surface area (Å²) in [5.74, 6) is 0.877. The van der Waals surface area contributed by atoms with Crippen LogP contribution in [0, 0.1) is 5.92 Å². The van der Waals surface area contributed by atoms with Crippen molar-refractivity contribution >= 4 is 39.7 Å². The van der Waals surface area contributed by atoms with Gasteiger partial charge in [-0.1, -0.05) is 43.8 Å². The highest BCUT2D eigenvalue weighted by Gasteiger charge is 2.10. The van der Waals surface area contributed by atoms with Crippen LogP contribution < -0.4 is 5.32 Å². The van der Waals surface area contributed by atoms with Crippen LogP contribution in [-0.4, -0.2) is 38.4 Å². The van der Waals surface area contributed by atoms with Crippen LogP contribution in [0.2, 0.25) is 0 Å². The van der Waals surface area contributed by atoms with Gasteiger partial charge in [-0.05, 0) is 18.4 Å². The van der Waals surface area contributed by atoms with Crippen LogP contribution in [0.15, 0.2) is 29.4 Å². The van der Waals surface area contributed by atoms with Crippen molar-refractivity contribution in [2.45, 2.75) is 25.4 Å². The Hall–Kier alpha value is -2.15. The van der Waals surface area contributed by atoms with E-state index in [-0.39, 0.29) is 5.91 Å². The van der Waals surface area contributed by atoms with Gasteiger partial charge in [0.05, 0.1) is 5.75 Å². The lowest BCUT2D eigenvalue weighted by atomic mass is 10.1. The molecule has 1 amide bonds. The molecule has 0 saturated carbocycles. The van der Waals surface area contributed by atoms with Gasteiger partial charge < -0.3 is 10.3 Å². The lowest BCUT2D eigenvalue weighted by molar-refractivity contribution is -0.118. The molecule has 0 fully saturated rings. The van der Waals surface area contributed by atoms with E-state index in [1.54, 1.807) is 0 Å². The molecule has 2 aromatic heterocycles. The zero-order valence-electron chi connectivity index (χ0n) is 13.2. The SMILES string of the molecule is CC(C)CCNC(=O)CSc1nnc2c(n1)[nH]c1ccccc12. The Bertz CT molecular complexity index is 830. The molecule has 2 N–H and O–H groups in total. The Kier molecular flexibility index (Phi) is 4.76. The molecule has 1 aromatic carbocycles. The molecule has 0 aliphatic heterocycles. The molecule has 3 rings (SSSR count). The molecule has 2 heterocycles. The van der Waals surface area contributed by atoms with Crippen molar-refractivity contribution in [1.82, 2.24) is 25.5 Å².